The van der Waals surface area contributed by atoms with E-state index in [1.807, 2.05) is 20.8 Å². The molecule has 0 atom stereocenters. The van der Waals surface area contributed by atoms with E-state index >= 15 is 0 Å². The molecular formula is C7H11NO2S2. The molecule has 1 aromatic heterocycles. The summed E-state index contributed by atoms with van der Waals surface area (Å²) in [6.07, 6.45) is 0. The van der Waals surface area contributed by atoms with E-state index in [4.69, 9.17) is 0 Å². The molecule has 0 fully saturated rings. The molecule has 1 aromatic rings. The van der Waals surface area contributed by atoms with Gasteiger partial charge in [-0.25, -0.2) is 3.97 Å². The van der Waals surface area contributed by atoms with E-state index in [-0.39, 0.29) is 15.5 Å². The molecular weight excluding hydrogens is 194 g/mol. The molecule has 0 saturated carbocycles. The quantitative estimate of drug-likeness (QED) is 0.761. The smallest absolute Gasteiger partial charge is 0.320 e. The molecule has 12 heavy (non-hydrogen) atoms. The monoisotopic (exact) mass is 205 g/mol. The first-order chi connectivity index (χ1) is 5.40. The van der Waals surface area contributed by atoms with E-state index in [0.717, 1.165) is 11.3 Å². The minimum Gasteiger partial charge on any atom is -0.493 e. The van der Waals surface area contributed by atoms with Gasteiger partial charge in [0.2, 0.25) is 5.88 Å². The summed E-state index contributed by atoms with van der Waals surface area (Å²) in [6.45, 7) is 5.96. The van der Waals surface area contributed by atoms with Gasteiger partial charge in [-0.15, -0.1) is 0 Å². The lowest BCUT2D eigenvalue weighted by atomic mass is 10.3. The van der Waals surface area contributed by atoms with Crippen molar-refractivity contribution in [2.24, 2.45) is 0 Å². The number of thiazole rings is 1. The van der Waals surface area contributed by atoms with Crippen LogP contribution in [0.3, 0.4) is 0 Å². The Hall–Kier alpha value is -0.420. The Morgan fingerprint density at radius 2 is 2.17 bits per heavy atom. The minimum absolute atomic E-state index is 0.0323. The molecule has 0 bridgehead atoms. The third-order valence-corrected chi connectivity index (χ3v) is 2.92. The lowest BCUT2D eigenvalue weighted by Gasteiger charge is -2.16. The minimum atomic E-state index is -0.132. The first-order valence-electron chi connectivity index (χ1n) is 3.49. The Kier molecular flexibility index (Phi) is 2.53. The Morgan fingerprint density at radius 1 is 1.58 bits per heavy atom. The Labute approximate surface area is 79.2 Å². The summed E-state index contributed by atoms with van der Waals surface area (Å²) < 4.78 is 1.24. The van der Waals surface area contributed by atoms with Crippen molar-refractivity contribution in [3.63, 3.8) is 0 Å². The molecule has 5 heteroatoms. The molecule has 0 aliphatic rings. The van der Waals surface area contributed by atoms with Crippen LogP contribution in [-0.2, 0) is 0 Å². The van der Waals surface area contributed by atoms with Gasteiger partial charge in [0, 0.05) is 4.75 Å². The van der Waals surface area contributed by atoms with Crippen molar-refractivity contribution >= 4 is 23.3 Å². The predicted molar refractivity (Wildman–Crippen MR) is 53.0 cm³/mol. The summed E-state index contributed by atoms with van der Waals surface area (Å²) >= 11 is 2.33. The Morgan fingerprint density at radius 3 is 2.50 bits per heavy atom. The van der Waals surface area contributed by atoms with Crippen LogP contribution < -0.4 is 4.87 Å². The fraction of sp³-hybridized carbons (Fsp3) is 0.571. The van der Waals surface area contributed by atoms with Gasteiger partial charge >= 0.3 is 4.87 Å². The second kappa shape index (κ2) is 3.14. The van der Waals surface area contributed by atoms with Crippen LogP contribution in [0.4, 0.5) is 0 Å². The molecule has 3 nitrogen and oxygen atoms in total. The molecule has 0 aromatic carbocycles. The molecule has 0 spiro atoms. The van der Waals surface area contributed by atoms with Gasteiger partial charge in [0.25, 0.3) is 0 Å². The van der Waals surface area contributed by atoms with Crippen LogP contribution in [-0.4, -0.2) is 13.8 Å². The van der Waals surface area contributed by atoms with E-state index < -0.39 is 0 Å². The summed E-state index contributed by atoms with van der Waals surface area (Å²) in [7, 11) is 0. The van der Waals surface area contributed by atoms with Crippen molar-refractivity contribution in [2.45, 2.75) is 25.5 Å². The van der Waals surface area contributed by atoms with Crippen molar-refractivity contribution in [1.29, 1.82) is 0 Å². The highest BCUT2D eigenvalue weighted by Crippen LogP contribution is 2.28. The van der Waals surface area contributed by atoms with Crippen LogP contribution in [0.1, 0.15) is 20.8 Å². The second-order valence-corrected chi connectivity index (χ2v) is 5.95. The first kappa shape index (κ1) is 9.67. The zero-order valence-electron chi connectivity index (χ0n) is 7.20. The van der Waals surface area contributed by atoms with Gasteiger partial charge < -0.3 is 5.11 Å². The first-order valence-corrected chi connectivity index (χ1v) is 5.14. The number of hydrogen-bond donors (Lipinski definition) is 1. The number of aromatic nitrogens is 1. The Balaban J connectivity index is 2.96. The van der Waals surface area contributed by atoms with E-state index in [2.05, 4.69) is 0 Å². The summed E-state index contributed by atoms with van der Waals surface area (Å²) in [4.78, 5) is 11.0. The molecule has 0 radical (unpaired) electrons. The molecule has 0 unspecified atom stereocenters. The molecule has 68 valence electrons. The van der Waals surface area contributed by atoms with Crippen LogP contribution in [0.25, 0.3) is 0 Å². The van der Waals surface area contributed by atoms with Gasteiger partial charge in [-0.05, 0) is 32.7 Å². The third-order valence-electron chi connectivity index (χ3n) is 1.00. The molecule has 0 saturated heterocycles. The SMILES string of the molecule is CC(C)(C)Sn1c(O)csc1=O. The van der Waals surface area contributed by atoms with Crippen LogP contribution in [0.15, 0.2) is 10.2 Å². The van der Waals surface area contributed by atoms with Crippen molar-refractivity contribution in [3.8, 4) is 5.88 Å². The van der Waals surface area contributed by atoms with Gasteiger partial charge in [-0.3, -0.25) is 4.79 Å². The fourth-order valence-electron chi connectivity index (χ4n) is 0.650. The zero-order chi connectivity index (χ0) is 9.35. The highest BCUT2D eigenvalue weighted by molar-refractivity contribution is 7.99. The molecule has 0 amide bonds. The molecule has 1 rings (SSSR count). The summed E-state index contributed by atoms with van der Waals surface area (Å²) in [6, 6.07) is 0. The highest BCUT2D eigenvalue weighted by Gasteiger charge is 2.16. The largest absolute Gasteiger partial charge is 0.493 e. The van der Waals surface area contributed by atoms with Crippen LogP contribution in [0.5, 0.6) is 5.88 Å². The standard InChI is InChI=1S/C7H11NO2S2/c1-7(2,3)12-8-5(9)4-11-6(8)10/h4,9H,1-3H3. The van der Waals surface area contributed by atoms with Gasteiger partial charge in [-0.1, -0.05) is 11.3 Å². The van der Waals surface area contributed by atoms with Crippen molar-refractivity contribution in [1.82, 2.24) is 3.97 Å². The van der Waals surface area contributed by atoms with Crippen LogP contribution in [0, 0.1) is 0 Å². The van der Waals surface area contributed by atoms with Gasteiger partial charge in [-0.2, -0.15) is 0 Å². The van der Waals surface area contributed by atoms with Crippen LogP contribution in [0.2, 0.25) is 0 Å². The number of rotatable bonds is 1. The molecule has 1 heterocycles. The normalized spacial score (nSPS) is 11.9. The predicted octanol–water partition coefficient (Wildman–Crippen LogP) is 1.91. The van der Waals surface area contributed by atoms with Crippen molar-refractivity contribution in [3.05, 3.63) is 15.0 Å². The van der Waals surface area contributed by atoms with Gasteiger partial charge in [0.1, 0.15) is 0 Å². The lowest BCUT2D eigenvalue weighted by Crippen LogP contribution is -2.16. The lowest BCUT2D eigenvalue weighted by molar-refractivity contribution is 0.449. The van der Waals surface area contributed by atoms with E-state index in [9.17, 15) is 9.90 Å². The average Bonchev–Trinajstić information content (AvgIpc) is 2.16. The highest BCUT2D eigenvalue weighted by atomic mass is 32.2. The van der Waals surface area contributed by atoms with Gasteiger partial charge in [0.05, 0.1) is 5.38 Å². The zero-order valence-corrected chi connectivity index (χ0v) is 8.83. The number of hydrogen-bond acceptors (Lipinski definition) is 4. The maximum absolute atomic E-state index is 11.1. The summed E-state index contributed by atoms with van der Waals surface area (Å²) in [5.74, 6) is 0.0323. The fourth-order valence-corrected chi connectivity index (χ4v) is 2.23. The molecule has 1 N–H and O–H groups in total. The summed E-state index contributed by atoms with van der Waals surface area (Å²) in [5.41, 5.74) is 0. The average molecular weight is 205 g/mol. The topological polar surface area (TPSA) is 42.2 Å². The number of nitrogens with zero attached hydrogens (tertiary/aromatic N) is 1. The molecule has 0 aliphatic heterocycles. The van der Waals surface area contributed by atoms with Crippen molar-refractivity contribution in [2.75, 3.05) is 0 Å². The summed E-state index contributed by atoms with van der Waals surface area (Å²) in [5, 5.41) is 10.7. The van der Waals surface area contributed by atoms with Crippen LogP contribution >= 0.6 is 23.3 Å². The molecule has 0 aliphatic carbocycles. The van der Waals surface area contributed by atoms with E-state index in [1.54, 1.807) is 0 Å². The van der Waals surface area contributed by atoms with Gasteiger partial charge in [0.15, 0.2) is 0 Å². The number of aromatic hydroxyl groups is 1. The van der Waals surface area contributed by atoms with Crippen molar-refractivity contribution < 1.29 is 5.11 Å². The maximum atomic E-state index is 11.1. The third kappa shape index (κ3) is 2.28. The van der Waals surface area contributed by atoms with E-state index in [0.29, 0.717) is 0 Å². The van der Waals surface area contributed by atoms with E-state index in [1.165, 1.54) is 21.3 Å². The Bertz CT molecular complexity index is 321. The maximum Gasteiger partial charge on any atom is 0.320 e. The second-order valence-electron chi connectivity index (χ2n) is 3.36.